The van der Waals surface area contributed by atoms with Crippen molar-refractivity contribution in [3.63, 3.8) is 0 Å². The summed E-state index contributed by atoms with van der Waals surface area (Å²) in [6.45, 7) is 4.09. The van der Waals surface area contributed by atoms with E-state index in [-0.39, 0.29) is 24.6 Å². The Morgan fingerprint density at radius 3 is 2.96 bits per heavy atom. The van der Waals surface area contributed by atoms with Gasteiger partial charge in [-0.05, 0) is 37.6 Å². The highest BCUT2D eigenvalue weighted by Gasteiger charge is 2.34. The van der Waals surface area contributed by atoms with Crippen LogP contribution >= 0.6 is 0 Å². The molecule has 1 aliphatic heterocycles. The van der Waals surface area contributed by atoms with Crippen LogP contribution in [0.1, 0.15) is 35.7 Å². The summed E-state index contributed by atoms with van der Waals surface area (Å²) in [6, 6.07) is 6.55. The molecule has 1 aromatic heterocycles. The van der Waals surface area contributed by atoms with Gasteiger partial charge in [-0.3, -0.25) is 14.2 Å². The van der Waals surface area contributed by atoms with Crippen molar-refractivity contribution < 1.29 is 19.0 Å². The van der Waals surface area contributed by atoms with Crippen LogP contribution in [-0.4, -0.2) is 27.2 Å². The summed E-state index contributed by atoms with van der Waals surface area (Å²) in [5.74, 6) is -1.57. The molecule has 0 atom stereocenters. The van der Waals surface area contributed by atoms with E-state index in [1.54, 1.807) is 13.8 Å². The third-order valence-electron chi connectivity index (χ3n) is 3.96. The van der Waals surface area contributed by atoms with Gasteiger partial charge in [0.15, 0.2) is 5.69 Å². The first-order valence-electron chi connectivity index (χ1n) is 7.72. The molecule has 131 valence electrons. The first kappa shape index (κ1) is 17.1. The van der Waals surface area contributed by atoms with Gasteiger partial charge in [-0.25, -0.2) is 9.37 Å². The molecule has 0 bridgehead atoms. The quantitative estimate of drug-likeness (QED) is 0.868. The van der Waals surface area contributed by atoms with E-state index in [4.69, 9.17) is 4.74 Å². The van der Waals surface area contributed by atoms with Gasteiger partial charge in [0, 0.05) is 6.54 Å². The minimum Gasteiger partial charge on any atom is -0.501 e. The second-order valence-corrected chi connectivity index (χ2v) is 6.16. The number of carbonyl (C=O) groups is 1. The number of hydrogen-bond donors (Lipinski definition) is 2. The highest BCUT2D eigenvalue weighted by Crippen LogP contribution is 2.27. The van der Waals surface area contributed by atoms with Crippen molar-refractivity contribution in [2.24, 2.45) is 0 Å². The molecule has 0 aliphatic carbocycles. The zero-order valence-corrected chi connectivity index (χ0v) is 13.8. The molecule has 1 aromatic carbocycles. The third-order valence-corrected chi connectivity index (χ3v) is 3.96. The smallest absolute Gasteiger partial charge is 0.296 e. The SMILES string of the molecule is CC1(C)OCCn2c1nc(C(=O)NCc1[c]cc(F)cc1)c(O)c2=O. The van der Waals surface area contributed by atoms with Crippen molar-refractivity contribution in [1.82, 2.24) is 14.9 Å². The predicted molar refractivity (Wildman–Crippen MR) is 85.5 cm³/mol. The minimum absolute atomic E-state index is 0.0541. The summed E-state index contributed by atoms with van der Waals surface area (Å²) in [5, 5.41) is 12.6. The Morgan fingerprint density at radius 1 is 1.52 bits per heavy atom. The highest BCUT2D eigenvalue weighted by molar-refractivity contribution is 5.94. The molecule has 0 saturated carbocycles. The lowest BCUT2D eigenvalue weighted by atomic mass is 10.1. The Labute approximate surface area is 143 Å². The molecule has 2 heterocycles. The summed E-state index contributed by atoms with van der Waals surface area (Å²) in [6.07, 6.45) is 0. The Hall–Kier alpha value is -2.74. The van der Waals surface area contributed by atoms with Gasteiger partial charge in [-0.15, -0.1) is 0 Å². The number of halogens is 1. The zero-order valence-electron chi connectivity index (χ0n) is 13.8. The van der Waals surface area contributed by atoms with Crippen molar-refractivity contribution in [2.75, 3.05) is 6.61 Å². The van der Waals surface area contributed by atoms with E-state index >= 15 is 0 Å². The van der Waals surface area contributed by atoms with E-state index in [0.717, 1.165) is 6.07 Å². The first-order chi connectivity index (χ1) is 11.8. The van der Waals surface area contributed by atoms with Crippen molar-refractivity contribution in [3.05, 3.63) is 57.5 Å². The molecule has 1 radical (unpaired) electrons. The van der Waals surface area contributed by atoms with Crippen LogP contribution in [0.15, 0.2) is 23.0 Å². The van der Waals surface area contributed by atoms with Gasteiger partial charge in [0.05, 0.1) is 13.2 Å². The molecule has 8 heteroatoms. The third kappa shape index (κ3) is 3.25. The van der Waals surface area contributed by atoms with Crippen LogP contribution in [0.5, 0.6) is 5.75 Å². The molecule has 7 nitrogen and oxygen atoms in total. The molecular weight excluding hydrogens is 329 g/mol. The molecule has 2 aromatic rings. The zero-order chi connectivity index (χ0) is 18.2. The second kappa shape index (κ2) is 6.29. The molecule has 0 saturated heterocycles. The van der Waals surface area contributed by atoms with E-state index in [2.05, 4.69) is 16.4 Å². The molecular formula is C17H17FN3O4. The molecule has 1 amide bonds. The van der Waals surface area contributed by atoms with Gasteiger partial charge < -0.3 is 15.2 Å². The topological polar surface area (TPSA) is 93.5 Å². The number of hydrogen-bond acceptors (Lipinski definition) is 5. The molecule has 2 N–H and O–H groups in total. The molecule has 1 aliphatic rings. The number of amides is 1. The maximum absolute atomic E-state index is 12.9. The number of ether oxygens (including phenoxy) is 1. The predicted octanol–water partition coefficient (Wildman–Crippen LogP) is 1.08. The largest absolute Gasteiger partial charge is 0.501 e. The van der Waals surface area contributed by atoms with Gasteiger partial charge in [0.2, 0.25) is 5.75 Å². The number of aromatic hydroxyl groups is 1. The van der Waals surface area contributed by atoms with Crippen LogP contribution in [0, 0.1) is 11.9 Å². The van der Waals surface area contributed by atoms with Crippen LogP contribution in [0.2, 0.25) is 0 Å². The molecule has 0 spiro atoms. The average molecular weight is 346 g/mol. The molecule has 0 fully saturated rings. The van der Waals surface area contributed by atoms with E-state index in [1.807, 2.05) is 0 Å². The van der Waals surface area contributed by atoms with E-state index in [0.29, 0.717) is 12.2 Å². The van der Waals surface area contributed by atoms with Gasteiger partial charge in [0.1, 0.15) is 17.2 Å². The Morgan fingerprint density at radius 2 is 2.28 bits per heavy atom. The van der Waals surface area contributed by atoms with Crippen molar-refractivity contribution >= 4 is 5.91 Å². The van der Waals surface area contributed by atoms with Gasteiger partial charge >= 0.3 is 0 Å². The lowest BCUT2D eigenvalue weighted by Gasteiger charge is -2.32. The fourth-order valence-electron chi connectivity index (χ4n) is 2.63. The summed E-state index contributed by atoms with van der Waals surface area (Å²) < 4.78 is 19.8. The van der Waals surface area contributed by atoms with Gasteiger partial charge in [-0.1, -0.05) is 6.07 Å². The number of carbonyl (C=O) groups excluding carboxylic acids is 1. The lowest BCUT2D eigenvalue weighted by Crippen LogP contribution is -2.42. The summed E-state index contributed by atoms with van der Waals surface area (Å²) in [7, 11) is 0. The lowest BCUT2D eigenvalue weighted by molar-refractivity contribution is -0.0566. The minimum atomic E-state index is -0.856. The maximum atomic E-state index is 12.9. The van der Waals surface area contributed by atoms with Crippen LogP contribution in [0.4, 0.5) is 4.39 Å². The number of fused-ring (bicyclic) bond motifs is 1. The Bertz CT molecular complexity index is 875. The number of benzene rings is 1. The fraction of sp³-hybridized carbons (Fsp3) is 0.353. The van der Waals surface area contributed by atoms with Crippen LogP contribution in [0.25, 0.3) is 0 Å². The van der Waals surface area contributed by atoms with E-state index in [1.165, 1.54) is 16.7 Å². The number of nitrogens with one attached hydrogen (secondary N) is 1. The Balaban J connectivity index is 1.89. The summed E-state index contributed by atoms with van der Waals surface area (Å²) >= 11 is 0. The molecule has 3 rings (SSSR count). The number of nitrogens with zero attached hydrogens (tertiary/aromatic N) is 2. The van der Waals surface area contributed by atoms with Crippen molar-refractivity contribution in [2.45, 2.75) is 32.5 Å². The van der Waals surface area contributed by atoms with Gasteiger partial charge in [0.25, 0.3) is 11.5 Å². The van der Waals surface area contributed by atoms with E-state index < -0.39 is 28.6 Å². The summed E-state index contributed by atoms with van der Waals surface area (Å²) in [4.78, 5) is 28.8. The molecule has 0 unspecified atom stereocenters. The van der Waals surface area contributed by atoms with Crippen LogP contribution in [0.3, 0.4) is 0 Å². The van der Waals surface area contributed by atoms with Crippen molar-refractivity contribution in [1.29, 1.82) is 0 Å². The number of aromatic nitrogens is 2. The van der Waals surface area contributed by atoms with E-state index in [9.17, 15) is 19.1 Å². The fourth-order valence-corrected chi connectivity index (χ4v) is 2.63. The monoisotopic (exact) mass is 346 g/mol. The highest BCUT2D eigenvalue weighted by atomic mass is 19.1. The standard InChI is InChI=1S/C17H17FN3O4/c1-17(2)16-20-12(13(22)15(24)21(16)7-8-25-17)14(23)19-9-10-3-5-11(18)6-4-10/h3,5-6,22H,7-9H2,1-2H3,(H,19,23). The first-order valence-corrected chi connectivity index (χ1v) is 7.72. The molecule has 25 heavy (non-hydrogen) atoms. The van der Waals surface area contributed by atoms with Crippen LogP contribution < -0.4 is 10.9 Å². The summed E-state index contributed by atoms with van der Waals surface area (Å²) in [5.41, 5.74) is -1.35. The number of rotatable bonds is 3. The average Bonchev–Trinajstić information content (AvgIpc) is 2.57. The van der Waals surface area contributed by atoms with Crippen molar-refractivity contribution in [3.8, 4) is 5.75 Å². The van der Waals surface area contributed by atoms with Crippen LogP contribution in [-0.2, 0) is 23.4 Å². The Kier molecular flexibility index (Phi) is 4.30. The maximum Gasteiger partial charge on any atom is 0.296 e. The second-order valence-electron chi connectivity index (χ2n) is 6.16. The van der Waals surface area contributed by atoms with Gasteiger partial charge in [-0.2, -0.15) is 0 Å². The normalized spacial score (nSPS) is 15.5.